The molecule has 7 nitrogen and oxygen atoms in total. The number of ether oxygens (including phenoxy) is 1. The molecule has 1 saturated carbocycles. The summed E-state index contributed by atoms with van der Waals surface area (Å²) in [5, 5.41) is 15.5. The zero-order valence-corrected chi connectivity index (χ0v) is 22.2. The van der Waals surface area contributed by atoms with Crippen LogP contribution in [0.3, 0.4) is 0 Å². The minimum atomic E-state index is -0.561. The number of carbonyl (C=O) groups excluding carboxylic acids is 2. The fourth-order valence-corrected chi connectivity index (χ4v) is 6.02. The van der Waals surface area contributed by atoms with Gasteiger partial charge in [0, 0.05) is 17.5 Å². The molecular weight excluding hydrogens is 488 g/mol. The lowest BCUT2D eigenvalue weighted by Gasteiger charge is -2.45. The number of para-hydroxylation sites is 1. The highest BCUT2D eigenvalue weighted by molar-refractivity contribution is 6.00. The van der Waals surface area contributed by atoms with Crippen LogP contribution in [0.25, 0.3) is 0 Å². The van der Waals surface area contributed by atoms with Gasteiger partial charge in [-0.05, 0) is 48.6 Å². The Bertz CT molecular complexity index is 1380. The molecule has 3 atom stereocenters. The number of guanidine groups is 1. The topological polar surface area (TPSA) is 94.5 Å². The molecule has 1 aliphatic carbocycles. The molecule has 0 spiro atoms. The van der Waals surface area contributed by atoms with Gasteiger partial charge in [0.15, 0.2) is 5.96 Å². The summed E-state index contributed by atoms with van der Waals surface area (Å²) in [7, 11) is 0. The predicted octanol–water partition coefficient (Wildman–Crippen LogP) is 5.45. The van der Waals surface area contributed by atoms with E-state index < -0.39 is 11.6 Å². The van der Waals surface area contributed by atoms with Crippen LogP contribution in [-0.4, -0.2) is 29.3 Å². The molecule has 200 valence electrons. The Kier molecular flexibility index (Phi) is 6.59. The van der Waals surface area contributed by atoms with E-state index in [0.717, 1.165) is 28.9 Å². The monoisotopic (exact) mass is 522 g/mol. The highest BCUT2D eigenvalue weighted by Crippen LogP contribution is 2.44. The standard InChI is InChI=1S/C32H34N4O3/c1-21(36-29(37)20-32(35-31(36)33,19-22-14-15-22)25-10-3-2-4-11-25)23-8-7-9-24(18-23)30(38)34-27-16-17-39-28-13-6-5-12-26(27)28/h2-13,18,21-22,27H,14-17,19-20H2,1H3,(H2,33,35)(H,34,38)/t21-,27?,32-/m1/s1. The molecule has 2 amide bonds. The van der Waals surface area contributed by atoms with Crippen molar-refractivity contribution >= 4 is 17.8 Å². The van der Waals surface area contributed by atoms with Crippen LogP contribution in [0.15, 0.2) is 78.9 Å². The van der Waals surface area contributed by atoms with Gasteiger partial charge in [0.2, 0.25) is 5.91 Å². The normalized spacial score (nSPS) is 23.3. The van der Waals surface area contributed by atoms with E-state index in [1.807, 2.05) is 79.7 Å². The Labute approximate surface area is 229 Å². The number of rotatable bonds is 7. The van der Waals surface area contributed by atoms with Crippen molar-refractivity contribution in [2.45, 2.75) is 56.7 Å². The Hall–Kier alpha value is -4.13. The summed E-state index contributed by atoms with van der Waals surface area (Å²) in [6.07, 6.45) is 4.19. The Balaban J connectivity index is 1.20. The lowest BCUT2D eigenvalue weighted by Crippen LogP contribution is -2.61. The number of hydrogen-bond donors (Lipinski definition) is 3. The van der Waals surface area contributed by atoms with Gasteiger partial charge in [0.05, 0.1) is 30.7 Å². The summed E-state index contributed by atoms with van der Waals surface area (Å²) in [4.78, 5) is 28.5. The molecule has 1 unspecified atom stereocenters. The molecule has 3 aliphatic rings. The fraction of sp³-hybridized carbons (Fsp3) is 0.344. The quantitative estimate of drug-likeness (QED) is 0.384. The minimum absolute atomic E-state index is 0.0792. The number of fused-ring (bicyclic) bond motifs is 1. The smallest absolute Gasteiger partial charge is 0.251 e. The van der Waals surface area contributed by atoms with Crippen LogP contribution in [-0.2, 0) is 10.3 Å². The van der Waals surface area contributed by atoms with Gasteiger partial charge in [-0.2, -0.15) is 0 Å². The fourth-order valence-electron chi connectivity index (χ4n) is 6.02. The number of benzene rings is 3. The Morgan fingerprint density at radius 1 is 1.08 bits per heavy atom. The molecule has 3 aromatic rings. The number of amides is 2. The van der Waals surface area contributed by atoms with E-state index in [0.29, 0.717) is 30.9 Å². The first-order valence-electron chi connectivity index (χ1n) is 13.8. The number of hydrogen-bond acceptors (Lipinski definition) is 4. The first-order valence-corrected chi connectivity index (χ1v) is 13.8. The van der Waals surface area contributed by atoms with Gasteiger partial charge < -0.3 is 15.4 Å². The molecule has 0 aromatic heterocycles. The van der Waals surface area contributed by atoms with E-state index in [9.17, 15) is 9.59 Å². The van der Waals surface area contributed by atoms with Gasteiger partial charge in [-0.15, -0.1) is 0 Å². The number of nitrogens with one attached hydrogen (secondary N) is 3. The molecule has 2 heterocycles. The van der Waals surface area contributed by atoms with Crippen molar-refractivity contribution in [2.24, 2.45) is 5.92 Å². The van der Waals surface area contributed by atoms with Crippen LogP contribution < -0.4 is 15.4 Å². The summed E-state index contributed by atoms with van der Waals surface area (Å²) < 4.78 is 5.73. The van der Waals surface area contributed by atoms with E-state index in [-0.39, 0.29) is 23.8 Å². The first-order chi connectivity index (χ1) is 18.9. The van der Waals surface area contributed by atoms with Crippen molar-refractivity contribution in [3.8, 4) is 5.75 Å². The highest BCUT2D eigenvalue weighted by atomic mass is 16.5. The van der Waals surface area contributed by atoms with Crippen molar-refractivity contribution in [2.75, 3.05) is 6.61 Å². The van der Waals surface area contributed by atoms with E-state index in [2.05, 4.69) is 10.6 Å². The maximum atomic E-state index is 13.7. The van der Waals surface area contributed by atoms with Gasteiger partial charge in [0.1, 0.15) is 5.75 Å². The third-order valence-electron chi connectivity index (χ3n) is 8.26. The van der Waals surface area contributed by atoms with Crippen molar-refractivity contribution in [3.63, 3.8) is 0 Å². The summed E-state index contributed by atoms with van der Waals surface area (Å²) in [6, 6.07) is 24.7. The van der Waals surface area contributed by atoms with Crippen LogP contribution >= 0.6 is 0 Å². The lowest BCUT2D eigenvalue weighted by atomic mass is 9.80. The molecule has 39 heavy (non-hydrogen) atoms. The van der Waals surface area contributed by atoms with Crippen molar-refractivity contribution in [1.29, 1.82) is 5.41 Å². The van der Waals surface area contributed by atoms with Crippen LogP contribution in [0.1, 0.15) is 78.2 Å². The summed E-state index contributed by atoms with van der Waals surface area (Å²) in [5.41, 5.74) is 2.81. The largest absolute Gasteiger partial charge is 0.493 e. The van der Waals surface area contributed by atoms with Crippen LogP contribution in [0.2, 0.25) is 0 Å². The highest BCUT2D eigenvalue weighted by Gasteiger charge is 2.47. The minimum Gasteiger partial charge on any atom is -0.493 e. The molecule has 6 rings (SSSR count). The maximum Gasteiger partial charge on any atom is 0.251 e. The van der Waals surface area contributed by atoms with Crippen molar-refractivity contribution in [3.05, 3.63) is 101 Å². The van der Waals surface area contributed by atoms with Gasteiger partial charge in [-0.3, -0.25) is 19.9 Å². The molecule has 7 heteroatoms. The molecule has 0 bridgehead atoms. The SMILES string of the molecule is C[C@H](c1cccc(C(=O)NC2CCOc3ccccc32)c1)N1C(=N)N[C@@](CC2CC2)(c2ccccc2)CC1=O. The summed E-state index contributed by atoms with van der Waals surface area (Å²) >= 11 is 0. The molecule has 0 radical (unpaired) electrons. The third kappa shape index (κ3) is 5.01. The van der Waals surface area contributed by atoms with Crippen LogP contribution in [0.4, 0.5) is 0 Å². The van der Waals surface area contributed by atoms with E-state index in [4.69, 9.17) is 10.1 Å². The Morgan fingerprint density at radius 2 is 1.85 bits per heavy atom. The van der Waals surface area contributed by atoms with Crippen LogP contribution in [0.5, 0.6) is 5.75 Å². The molecule has 3 aromatic carbocycles. The second-order valence-electron chi connectivity index (χ2n) is 11.0. The first kappa shape index (κ1) is 25.2. The van der Waals surface area contributed by atoms with E-state index in [1.165, 1.54) is 17.7 Å². The predicted molar refractivity (Wildman–Crippen MR) is 149 cm³/mol. The van der Waals surface area contributed by atoms with Gasteiger partial charge >= 0.3 is 0 Å². The van der Waals surface area contributed by atoms with Gasteiger partial charge in [0.25, 0.3) is 5.91 Å². The maximum absolute atomic E-state index is 13.7. The average Bonchev–Trinajstić information content (AvgIpc) is 3.77. The zero-order chi connectivity index (χ0) is 27.0. The Morgan fingerprint density at radius 3 is 2.62 bits per heavy atom. The second-order valence-corrected chi connectivity index (χ2v) is 11.0. The number of carbonyl (C=O) groups is 2. The van der Waals surface area contributed by atoms with E-state index >= 15 is 0 Å². The number of nitrogens with zero attached hydrogens (tertiary/aromatic N) is 1. The van der Waals surface area contributed by atoms with Gasteiger partial charge in [-0.25, -0.2) is 0 Å². The summed E-state index contributed by atoms with van der Waals surface area (Å²) in [5.74, 6) is 1.25. The zero-order valence-electron chi connectivity index (χ0n) is 22.2. The van der Waals surface area contributed by atoms with Gasteiger partial charge in [-0.1, -0.05) is 73.5 Å². The van der Waals surface area contributed by atoms with Crippen molar-refractivity contribution in [1.82, 2.24) is 15.5 Å². The molecular formula is C32H34N4O3. The lowest BCUT2D eigenvalue weighted by molar-refractivity contribution is -0.132. The second kappa shape index (κ2) is 10.2. The van der Waals surface area contributed by atoms with Crippen LogP contribution in [0, 0.1) is 11.3 Å². The van der Waals surface area contributed by atoms with Crippen molar-refractivity contribution < 1.29 is 14.3 Å². The molecule has 3 N–H and O–H groups in total. The molecule has 2 fully saturated rings. The molecule has 2 aliphatic heterocycles. The third-order valence-corrected chi connectivity index (χ3v) is 8.26. The van der Waals surface area contributed by atoms with E-state index in [1.54, 1.807) is 6.07 Å². The average molecular weight is 523 g/mol. The molecule has 1 saturated heterocycles. The summed E-state index contributed by atoms with van der Waals surface area (Å²) in [6.45, 7) is 2.46.